The van der Waals surface area contributed by atoms with E-state index in [0.717, 1.165) is 38.6 Å². The maximum absolute atomic E-state index is 12.3. The first-order chi connectivity index (χ1) is 9.49. The van der Waals surface area contributed by atoms with Crippen molar-refractivity contribution in [1.82, 2.24) is 15.5 Å². The van der Waals surface area contributed by atoms with E-state index in [2.05, 4.69) is 15.5 Å². The number of halogens is 3. The van der Waals surface area contributed by atoms with Crippen LogP contribution in [0.15, 0.2) is 4.52 Å². The van der Waals surface area contributed by atoms with Crippen molar-refractivity contribution in [2.45, 2.75) is 63.6 Å². The predicted octanol–water partition coefficient (Wildman–Crippen LogP) is 3.20. The molecule has 7 heteroatoms. The number of likely N-dealkylation sites (N-methyl/N-ethyl adjacent to an activating group) is 1. The van der Waals surface area contributed by atoms with E-state index in [-0.39, 0.29) is 17.8 Å². The summed E-state index contributed by atoms with van der Waals surface area (Å²) in [4.78, 5) is 3.96. The lowest BCUT2D eigenvalue weighted by atomic mass is 9.94. The van der Waals surface area contributed by atoms with Crippen molar-refractivity contribution < 1.29 is 17.7 Å². The summed E-state index contributed by atoms with van der Waals surface area (Å²) >= 11 is 0. The van der Waals surface area contributed by atoms with E-state index in [1.54, 1.807) is 0 Å². The molecule has 20 heavy (non-hydrogen) atoms. The van der Waals surface area contributed by atoms with Crippen molar-refractivity contribution in [2.24, 2.45) is 0 Å². The number of hydrogen-bond acceptors (Lipinski definition) is 4. The number of alkyl halides is 3. The van der Waals surface area contributed by atoms with Gasteiger partial charge in [0, 0.05) is 6.04 Å². The molecule has 1 aromatic rings. The van der Waals surface area contributed by atoms with Crippen LogP contribution in [-0.4, -0.2) is 28.9 Å². The molecule has 0 amide bonds. The first-order valence-corrected chi connectivity index (χ1v) is 7.12. The highest BCUT2D eigenvalue weighted by atomic mass is 19.4. The Balaban J connectivity index is 2.11. The summed E-state index contributed by atoms with van der Waals surface area (Å²) in [5.41, 5.74) is 0. The van der Waals surface area contributed by atoms with Gasteiger partial charge in [0.05, 0.1) is 5.92 Å². The Kier molecular flexibility index (Phi) is 5.01. The van der Waals surface area contributed by atoms with Gasteiger partial charge in [-0.3, -0.25) is 0 Å². The zero-order valence-electron chi connectivity index (χ0n) is 11.5. The van der Waals surface area contributed by atoms with Gasteiger partial charge in [-0.25, -0.2) is 0 Å². The fourth-order valence-electron chi connectivity index (χ4n) is 2.78. The van der Waals surface area contributed by atoms with Gasteiger partial charge >= 0.3 is 6.18 Å². The smallest absolute Gasteiger partial charge is 0.339 e. The van der Waals surface area contributed by atoms with Crippen molar-refractivity contribution in [3.63, 3.8) is 0 Å². The van der Waals surface area contributed by atoms with Crippen molar-refractivity contribution in [2.75, 3.05) is 6.54 Å². The molecule has 1 saturated carbocycles. The van der Waals surface area contributed by atoms with E-state index in [9.17, 15) is 13.2 Å². The Morgan fingerprint density at radius 2 is 2.00 bits per heavy atom. The maximum Gasteiger partial charge on any atom is 0.396 e. The average molecular weight is 291 g/mol. The van der Waals surface area contributed by atoms with Crippen LogP contribution in [0.2, 0.25) is 0 Å². The third kappa shape index (κ3) is 4.19. The molecule has 0 radical (unpaired) electrons. The maximum atomic E-state index is 12.3. The van der Waals surface area contributed by atoms with Crippen molar-refractivity contribution >= 4 is 0 Å². The molecule has 0 saturated heterocycles. The molecule has 2 unspecified atom stereocenters. The third-order valence-corrected chi connectivity index (χ3v) is 3.64. The van der Waals surface area contributed by atoms with E-state index in [1.165, 1.54) is 0 Å². The number of aromatic nitrogens is 2. The summed E-state index contributed by atoms with van der Waals surface area (Å²) in [5, 5.41) is 6.85. The summed E-state index contributed by atoms with van der Waals surface area (Å²) in [7, 11) is 0. The second-order valence-corrected chi connectivity index (χ2v) is 5.25. The van der Waals surface area contributed by atoms with Crippen molar-refractivity contribution in [3.8, 4) is 0 Å². The average Bonchev–Trinajstić information content (AvgIpc) is 2.66. The van der Waals surface area contributed by atoms with Crippen LogP contribution in [0.1, 0.15) is 56.7 Å². The number of nitrogens with one attached hydrogen (secondary N) is 1. The fraction of sp³-hybridized carbons (Fsp3) is 0.846. The number of hydrogen-bond donors (Lipinski definition) is 1. The van der Waals surface area contributed by atoms with Gasteiger partial charge in [0.15, 0.2) is 5.82 Å². The monoisotopic (exact) mass is 291 g/mol. The molecule has 1 heterocycles. The number of nitrogens with zero attached hydrogens (tertiary/aromatic N) is 2. The van der Waals surface area contributed by atoms with E-state index in [1.807, 2.05) is 6.92 Å². The minimum Gasteiger partial charge on any atom is -0.339 e. The fourth-order valence-corrected chi connectivity index (χ4v) is 2.78. The molecule has 1 aliphatic carbocycles. The molecule has 114 valence electrons. The molecule has 4 nitrogen and oxygen atoms in total. The largest absolute Gasteiger partial charge is 0.396 e. The van der Waals surface area contributed by atoms with Crippen LogP contribution < -0.4 is 5.32 Å². The van der Waals surface area contributed by atoms with Gasteiger partial charge in [0.1, 0.15) is 6.42 Å². The summed E-state index contributed by atoms with van der Waals surface area (Å²) < 4.78 is 42.0. The molecule has 2 rings (SSSR count). The third-order valence-electron chi connectivity index (χ3n) is 3.64. The predicted molar refractivity (Wildman–Crippen MR) is 67.3 cm³/mol. The van der Waals surface area contributed by atoms with E-state index < -0.39 is 12.6 Å². The number of rotatable bonds is 4. The van der Waals surface area contributed by atoms with E-state index in [0.29, 0.717) is 5.89 Å². The lowest BCUT2D eigenvalue weighted by molar-refractivity contribution is -0.128. The van der Waals surface area contributed by atoms with Crippen molar-refractivity contribution in [3.05, 3.63) is 11.7 Å². The minimum atomic E-state index is -4.30. The molecule has 0 spiro atoms. The lowest BCUT2D eigenvalue weighted by Gasteiger charge is -2.22. The zero-order chi connectivity index (χ0) is 14.6. The van der Waals surface area contributed by atoms with E-state index in [4.69, 9.17) is 4.52 Å². The minimum absolute atomic E-state index is 0.0203. The van der Waals surface area contributed by atoms with E-state index >= 15 is 0 Å². The molecule has 1 aliphatic rings. The highest BCUT2D eigenvalue weighted by Gasteiger charge is 2.33. The van der Waals surface area contributed by atoms with Gasteiger partial charge < -0.3 is 9.84 Å². The molecule has 0 aromatic carbocycles. The van der Waals surface area contributed by atoms with Crippen LogP contribution in [0.5, 0.6) is 0 Å². The Labute approximate surface area is 116 Å². The standard InChI is InChI=1S/C13H20F3N3O/c1-2-17-10-7-5-3-4-6-9(10)12-18-11(19-20-12)8-13(14,15)16/h9-10,17H,2-8H2,1H3. The Morgan fingerprint density at radius 3 is 2.70 bits per heavy atom. The lowest BCUT2D eigenvalue weighted by Crippen LogP contribution is -2.34. The van der Waals surface area contributed by atoms with Gasteiger partial charge in [0.25, 0.3) is 0 Å². The van der Waals surface area contributed by atoms with Gasteiger partial charge in [-0.05, 0) is 19.4 Å². The van der Waals surface area contributed by atoms with Gasteiger partial charge in [0.2, 0.25) is 5.89 Å². The molecule has 2 atom stereocenters. The normalized spacial score (nSPS) is 24.6. The Bertz CT molecular complexity index is 419. The zero-order valence-corrected chi connectivity index (χ0v) is 11.5. The van der Waals surface area contributed by atoms with Crippen LogP contribution in [0.25, 0.3) is 0 Å². The van der Waals surface area contributed by atoms with Crippen molar-refractivity contribution in [1.29, 1.82) is 0 Å². The molecule has 1 fully saturated rings. The summed E-state index contributed by atoms with van der Waals surface area (Å²) in [6, 6.07) is 0.210. The molecule has 0 aliphatic heterocycles. The second kappa shape index (κ2) is 6.56. The first kappa shape index (κ1) is 15.3. The first-order valence-electron chi connectivity index (χ1n) is 7.12. The second-order valence-electron chi connectivity index (χ2n) is 5.25. The van der Waals surface area contributed by atoms with Crippen LogP contribution >= 0.6 is 0 Å². The SMILES string of the molecule is CCNC1CCCCCC1c1nc(CC(F)(F)F)no1. The molecule has 0 bridgehead atoms. The van der Waals surface area contributed by atoms with Crippen LogP contribution in [0.3, 0.4) is 0 Å². The van der Waals surface area contributed by atoms with Crippen LogP contribution in [0, 0.1) is 0 Å². The van der Waals surface area contributed by atoms with Gasteiger partial charge in [-0.2, -0.15) is 18.2 Å². The highest BCUT2D eigenvalue weighted by Crippen LogP contribution is 2.31. The molecule has 1 N–H and O–H groups in total. The highest BCUT2D eigenvalue weighted by molar-refractivity contribution is 5.01. The molecular formula is C13H20F3N3O. The van der Waals surface area contributed by atoms with Crippen LogP contribution in [-0.2, 0) is 6.42 Å². The topological polar surface area (TPSA) is 51.0 Å². The van der Waals surface area contributed by atoms with Gasteiger partial charge in [-0.15, -0.1) is 0 Å². The van der Waals surface area contributed by atoms with Gasteiger partial charge in [-0.1, -0.05) is 31.3 Å². The summed E-state index contributed by atoms with van der Waals surface area (Å²) in [6.45, 7) is 2.84. The Morgan fingerprint density at radius 1 is 1.25 bits per heavy atom. The Hall–Kier alpha value is -1.11. The summed E-state index contributed by atoms with van der Waals surface area (Å²) in [6.07, 6.45) is -0.245. The quantitative estimate of drug-likeness (QED) is 0.866. The molecule has 1 aromatic heterocycles. The molecular weight excluding hydrogens is 271 g/mol. The van der Waals surface area contributed by atoms with Crippen LogP contribution in [0.4, 0.5) is 13.2 Å². The summed E-state index contributed by atoms with van der Waals surface area (Å²) in [5.74, 6) is 0.0935.